The molecule has 0 saturated carbocycles. The minimum absolute atomic E-state index is 0.0865. The Kier molecular flexibility index (Phi) is 34.0. The topological polar surface area (TPSA) is 72.8 Å². The van der Waals surface area contributed by atoms with Crippen LogP contribution in [0.2, 0.25) is 0 Å². The summed E-state index contributed by atoms with van der Waals surface area (Å²) in [6, 6.07) is 0. The third-order valence-electron chi connectivity index (χ3n) is 8.97. The first kappa shape index (κ1) is 43.4. The Morgan fingerprint density at radius 2 is 0.822 bits per heavy atom. The van der Waals surface area contributed by atoms with E-state index in [0.717, 1.165) is 38.5 Å². The summed E-state index contributed by atoms with van der Waals surface area (Å²) >= 11 is 0. The smallest absolute Gasteiger partial charge is 0.305 e. The molecule has 0 fully saturated rings. The first-order valence-corrected chi connectivity index (χ1v) is 19.1. The summed E-state index contributed by atoms with van der Waals surface area (Å²) in [6.07, 6.45) is 41.9. The average Bonchev–Trinajstić information content (AvgIpc) is 3.04. The van der Waals surface area contributed by atoms with Gasteiger partial charge in [-0.05, 0) is 84.0 Å². The van der Waals surface area contributed by atoms with E-state index in [2.05, 4.69) is 34.6 Å². The molecule has 0 aliphatic carbocycles. The van der Waals surface area contributed by atoms with Crippen LogP contribution in [0.3, 0.4) is 0 Å². The molecular weight excluding hydrogens is 560 g/mol. The lowest BCUT2D eigenvalue weighted by Gasteiger charge is -2.10. The van der Waals surface area contributed by atoms with Gasteiger partial charge in [0, 0.05) is 12.8 Å². The molecule has 0 amide bonds. The molecule has 264 valence electrons. The number of aliphatic hydroxyl groups is 1. The van der Waals surface area contributed by atoms with Crippen LogP contribution in [0.15, 0.2) is 23.8 Å². The monoisotopic (exact) mass is 635 g/mol. The molecule has 0 aliphatic rings. The second-order valence-electron chi connectivity index (χ2n) is 13.3. The number of carbonyl (C=O) groups is 2. The fraction of sp³-hybridized carbons (Fsp3) is 0.850. The van der Waals surface area contributed by atoms with Gasteiger partial charge in [0.05, 0.1) is 20.3 Å². The number of ether oxygens (including phenoxy) is 2. The van der Waals surface area contributed by atoms with Crippen LogP contribution in [0.25, 0.3) is 0 Å². The fourth-order valence-electron chi connectivity index (χ4n) is 5.88. The van der Waals surface area contributed by atoms with E-state index < -0.39 is 0 Å². The van der Waals surface area contributed by atoms with Crippen molar-refractivity contribution < 1.29 is 24.2 Å². The number of rotatable bonds is 34. The van der Waals surface area contributed by atoms with Crippen molar-refractivity contribution in [2.75, 3.05) is 14.2 Å². The molecule has 1 N–H and O–H groups in total. The van der Waals surface area contributed by atoms with E-state index in [0.29, 0.717) is 12.8 Å². The molecule has 1 atom stereocenters. The van der Waals surface area contributed by atoms with Crippen LogP contribution < -0.4 is 0 Å². The van der Waals surface area contributed by atoms with Crippen molar-refractivity contribution in [3.63, 3.8) is 0 Å². The molecule has 5 nitrogen and oxygen atoms in total. The van der Waals surface area contributed by atoms with Gasteiger partial charge in [0.2, 0.25) is 0 Å². The number of allylic oxidation sites excluding steroid dienone is 4. The van der Waals surface area contributed by atoms with E-state index in [1.165, 1.54) is 155 Å². The zero-order chi connectivity index (χ0) is 33.1. The van der Waals surface area contributed by atoms with E-state index in [1.54, 1.807) is 5.57 Å². The molecule has 0 rings (SSSR count). The summed E-state index contributed by atoms with van der Waals surface area (Å²) in [7, 11) is 2.92. The predicted octanol–water partition coefficient (Wildman–Crippen LogP) is 11.9. The van der Waals surface area contributed by atoms with Gasteiger partial charge < -0.3 is 14.6 Å². The lowest BCUT2D eigenvalue weighted by atomic mass is 10.0. The Hall–Kier alpha value is -1.62. The van der Waals surface area contributed by atoms with E-state index >= 15 is 0 Å². The van der Waals surface area contributed by atoms with Crippen molar-refractivity contribution in [1.29, 1.82) is 0 Å². The standard InChI is InChI=1S/C40H74O5/c1-37(32-26-20-16-18-24-30-36-40(43)45-3)31-25-19-15-17-22-28-34-38(41)33-27-21-13-11-9-7-5-4-6-8-10-12-14-23-29-35-39(42)44-2/h4,6,32,38,41H,5,7-31,33-36H2,1-3H3. The lowest BCUT2D eigenvalue weighted by Crippen LogP contribution is -2.05. The SMILES string of the molecule is COC(=O)CCCCCCCC=CCCCCCCCCC(O)CCCCCCCCC(C)=CCCCCCCCC(=O)OC. The molecule has 0 spiro atoms. The fourth-order valence-corrected chi connectivity index (χ4v) is 5.88. The van der Waals surface area contributed by atoms with Crippen LogP contribution in [0, 0.1) is 0 Å². The number of aliphatic hydroxyl groups excluding tert-OH is 1. The van der Waals surface area contributed by atoms with Gasteiger partial charge in [0.15, 0.2) is 0 Å². The van der Waals surface area contributed by atoms with Gasteiger partial charge in [0.1, 0.15) is 0 Å². The van der Waals surface area contributed by atoms with Gasteiger partial charge in [-0.2, -0.15) is 0 Å². The molecule has 5 heteroatoms. The van der Waals surface area contributed by atoms with Gasteiger partial charge in [0.25, 0.3) is 0 Å². The molecule has 0 saturated heterocycles. The van der Waals surface area contributed by atoms with Crippen molar-refractivity contribution >= 4 is 11.9 Å². The Balaban J connectivity index is 3.35. The molecule has 0 aromatic carbocycles. The largest absolute Gasteiger partial charge is 0.469 e. The highest BCUT2D eigenvalue weighted by Crippen LogP contribution is 2.17. The average molecular weight is 635 g/mol. The summed E-state index contributed by atoms with van der Waals surface area (Å²) in [4.78, 5) is 22.2. The molecule has 0 heterocycles. The number of hydrogen-bond acceptors (Lipinski definition) is 5. The van der Waals surface area contributed by atoms with Crippen LogP contribution >= 0.6 is 0 Å². The van der Waals surface area contributed by atoms with E-state index in [4.69, 9.17) is 0 Å². The molecule has 45 heavy (non-hydrogen) atoms. The Morgan fingerprint density at radius 3 is 1.24 bits per heavy atom. The van der Waals surface area contributed by atoms with Gasteiger partial charge in [-0.1, -0.05) is 127 Å². The van der Waals surface area contributed by atoms with Crippen LogP contribution in [0.1, 0.15) is 200 Å². The van der Waals surface area contributed by atoms with Gasteiger partial charge in [-0.15, -0.1) is 0 Å². The lowest BCUT2D eigenvalue weighted by molar-refractivity contribution is -0.141. The van der Waals surface area contributed by atoms with Gasteiger partial charge in [-0.25, -0.2) is 0 Å². The minimum atomic E-state index is -0.0948. The minimum Gasteiger partial charge on any atom is -0.469 e. The Labute approximate surface area is 279 Å². The van der Waals surface area contributed by atoms with Crippen molar-refractivity contribution in [1.82, 2.24) is 0 Å². The molecule has 0 aromatic heterocycles. The number of unbranched alkanes of at least 4 members (excludes halogenated alkanes) is 21. The molecule has 0 aromatic rings. The second-order valence-corrected chi connectivity index (χ2v) is 13.3. The highest BCUT2D eigenvalue weighted by atomic mass is 16.5. The highest BCUT2D eigenvalue weighted by molar-refractivity contribution is 5.69. The van der Waals surface area contributed by atoms with Crippen molar-refractivity contribution in [2.45, 2.75) is 206 Å². The first-order chi connectivity index (χ1) is 22.0. The van der Waals surface area contributed by atoms with E-state index in [-0.39, 0.29) is 18.0 Å². The Morgan fingerprint density at radius 1 is 0.489 bits per heavy atom. The van der Waals surface area contributed by atoms with E-state index in [1.807, 2.05) is 0 Å². The summed E-state index contributed by atoms with van der Waals surface area (Å²) in [5.41, 5.74) is 1.54. The maximum atomic E-state index is 11.1. The van der Waals surface area contributed by atoms with Crippen molar-refractivity contribution in [3.8, 4) is 0 Å². The van der Waals surface area contributed by atoms with E-state index in [9.17, 15) is 14.7 Å². The highest BCUT2D eigenvalue weighted by Gasteiger charge is 2.04. The third-order valence-corrected chi connectivity index (χ3v) is 8.97. The zero-order valence-corrected chi connectivity index (χ0v) is 30.1. The van der Waals surface area contributed by atoms with Gasteiger partial charge in [-0.3, -0.25) is 9.59 Å². The van der Waals surface area contributed by atoms with Crippen LogP contribution in [0.5, 0.6) is 0 Å². The van der Waals surface area contributed by atoms with Crippen LogP contribution in [-0.2, 0) is 19.1 Å². The van der Waals surface area contributed by atoms with Crippen LogP contribution in [-0.4, -0.2) is 37.4 Å². The summed E-state index contributed by atoms with van der Waals surface area (Å²) in [5, 5.41) is 10.3. The van der Waals surface area contributed by atoms with Gasteiger partial charge >= 0.3 is 11.9 Å². The number of carbonyl (C=O) groups excluding carboxylic acids is 2. The first-order valence-electron chi connectivity index (χ1n) is 19.1. The summed E-state index contributed by atoms with van der Waals surface area (Å²) in [5.74, 6) is -0.174. The molecular formula is C40H74O5. The maximum Gasteiger partial charge on any atom is 0.305 e. The number of methoxy groups -OCH3 is 2. The van der Waals surface area contributed by atoms with Crippen LogP contribution in [0.4, 0.5) is 0 Å². The zero-order valence-electron chi connectivity index (χ0n) is 30.1. The molecule has 0 bridgehead atoms. The summed E-state index contributed by atoms with van der Waals surface area (Å²) in [6.45, 7) is 2.28. The quantitative estimate of drug-likeness (QED) is 0.0433. The normalized spacial score (nSPS) is 12.6. The summed E-state index contributed by atoms with van der Waals surface area (Å²) < 4.78 is 9.35. The third kappa shape index (κ3) is 35.1. The van der Waals surface area contributed by atoms with Crippen molar-refractivity contribution in [3.05, 3.63) is 23.8 Å². The van der Waals surface area contributed by atoms with Crippen molar-refractivity contribution in [2.24, 2.45) is 0 Å². The molecule has 1 unspecified atom stereocenters. The number of hydrogen-bond donors (Lipinski definition) is 1. The predicted molar refractivity (Wildman–Crippen MR) is 191 cm³/mol. The molecule has 0 radical (unpaired) electrons. The maximum absolute atomic E-state index is 11.1. The Bertz CT molecular complexity index is 713. The molecule has 0 aliphatic heterocycles. The number of esters is 2. The second kappa shape index (κ2) is 35.2.